The summed E-state index contributed by atoms with van der Waals surface area (Å²) in [5.74, 6) is -2.94. The van der Waals surface area contributed by atoms with Crippen LogP contribution < -0.4 is 21.7 Å². The lowest BCUT2D eigenvalue weighted by Gasteiger charge is -2.27. The Hall–Kier alpha value is -3.89. The molecule has 3 rings (SSSR count). The van der Waals surface area contributed by atoms with Crippen molar-refractivity contribution in [2.45, 2.75) is 32.4 Å². The maximum absolute atomic E-state index is 13.6. The van der Waals surface area contributed by atoms with E-state index in [0.717, 1.165) is 5.39 Å². The van der Waals surface area contributed by atoms with Gasteiger partial charge in [0, 0.05) is 31.0 Å². The predicted octanol–water partition coefficient (Wildman–Crippen LogP) is 0.153. The lowest BCUT2D eigenvalue weighted by atomic mass is 10.0. The Morgan fingerprint density at radius 1 is 1.18 bits per heavy atom. The fraction of sp³-hybridized carbons (Fsp3) is 0.435. The van der Waals surface area contributed by atoms with Gasteiger partial charge in [0.15, 0.2) is 0 Å². The topological polar surface area (TPSA) is 156 Å². The Kier molecular flexibility index (Phi) is 7.54. The monoisotopic (exact) mass is 470 g/mol. The second kappa shape index (κ2) is 10.4. The third kappa shape index (κ3) is 5.19. The van der Waals surface area contributed by atoms with E-state index in [2.05, 4.69) is 16.0 Å². The van der Waals surface area contributed by atoms with E-state index in [0.29, 0.717) is 25.0 Å². The first-order valence-corrected chi connectivity index (χ1v) is 11.1. The number of primary amides is 1. The molecule has 0 aliphatic carbocycles. The van der Waals surface area contributed by atoms with Crippen LogP contribution in [-0.4, -0.2) is 71.7 Å². The van der Waals surface area contributed by atoms with Crippen molar-refractivity contribution in [2.75, 3.05) is 26.7 Å². The second-order valence-corrected chi connectivity index (χ2v) is 8.65. The molecule has 5 N–H and O–H groups in total. The van der Waals surface area contributed by atoms with Crippen LogP contribution >= 0.6 is 0 Å². The summed E-state index contributed by atoms with van der Waals surface area (Å²) in [5.41, 5.74) is 6.43. The number of para-hydroxylation sites is 1. The number of fused-ring (bicyclic) bond motifs is 1. The van der Waals surface area contributed by atoms with E-state index in [1.54, 1.807) is 22.8 Å². The molecule has 2 aromatic rings. The molecule has 1 saturated heterocycles. The highest BCUT2D eigenvalue weighted by Crippen LogP contribution is 2.28. The molecule has 0 radical (unpaired) electrons. The largest absolute Gasteiger partial charge is 0.364 e. The maximum atomic E-state index is 13.6. The van der Waals surface area contributed by atoms with E-state index >= 15 is 0 Å². The Morgan fingerprint density at radius 2 is 1.88 bits per heavy atom. The smallest absolute Gasteiger partial charge is 0.317 e. The minimum atomic E-state index is -1.26. The zero-order valence-corrected chi connectivity index (χ0v) is 19.5. The van der Waals surface area contributed by atoms with Crippen LogP contribution in [0.2, 0.25) is 0 Å². The Bertz CT molecular complexity index is 1120. The Morgan fingerprint density at radius 3 is 2.47 bits per heavy atom. The van der Waals surface area contributed by atoms with E-state index in [9.17, 15) is 24.0 Å². The highest BCUT2D eigenvalue weighted by Gasteiger charge is 2.35. The lowest BCUT2D eigenvalue weighted by Crippen LogP contribution is -2.54. The third-order valence-corrected chi connectivity index (χ3v) is 5.74. The van der Waals surface area contributed by atoms with Gasteiger partial charge in [0.2, 0.25) is 11.7 Å². The van der Waals surface area contributed by atoms with Crippen molar-refractivity contribution < 1.29 is 24.0 Å². The summed E-state index contributed by atoms with van der Waals surface area (Å²) in [4.78, 5) is 64.1. The molecule has 0 saturated carbocycles. The zero-order valence-electron chi connectivity index (χ0n) is 19.5. The van der Waals surface area contributed by atoms with Gasteiger partial charge in [-0.1, -0.05) is 32.0 Å². The summed E-state index contributed by atoms with van der Waals surface area (Å²) in [5, 5.41) is 8.30. The number of hydrogen-bond donors (Lipinski definition) is 4. The van der Waals surface area contributed by atoms with Gasteiger partial charge in [0.05, 0.1) is 6.54 Å². The van der Waals surface area contributed by atoms with Crippen LogP contribution in [0.3, 0.4) is 0 Å². The van der Waals surface area contributed by atoms with Crippen molar-refractivity contribution in [3.8, 4) is 0 Å². The van der Waals surface area contributed by atoms with Crippen molar-refractivity contribution in [1.29, 1.82) is 0 Å². The number of nitrogens with two attached hydrogens (primary N) is 1. The van der Waals surface area contributed by atoms with Crippen molar-refractivity contribution in [3.63, 3.8) is 0 Å². The number of ketones is 1. The molecule has 2 atom stereocenters. The van der Waals surface area contributed by atoms with Crippen LogP contribution in [0.5, 0.6) is 0 Å². The molecule has 1 fully saturated rings. The van der Waals surface area contributed by atoms with Gasteiger partial charge in [-0.2, -0.15) is 0 Å². The number of benzene rings is 1. The van der Waals surface area contributed by atoms with Gasteiger partial charge in [-0.3, -0.25) is 19.2 Å². The molecule has 1 aromatic heterocycles. The predicted molar refractivity (Wildman–Crippen MR) is 125 cm³/mol. The fourth-order valence-corrected chi connectivity index (χ4v) is 4.13. The number of nitrogens with one attached hydrogen (secondary N) is 3. The van der Waals surface area contributed by atoms with Gasteiger partial charge in [-0.05, 0) is 24.5 Å². The van der Waals surface area contributed by atoms with Gasteiger partial charge >= 0.3 is 6.03 Å². The van der Waals surface area contributed by atoms with Crippen LogP contribution in [0, 0.1) is 5.92 Å². The van der Waals surface area contributed by atoms with Crippen LogP contribution in [0.15, 0.2) is 30.3 Å². The SMILES string of the molecule is CNC(=O)C(=O)[C@H](CN1CCNC1=O)NC(=O)[C@H](CC(C)C)n1c(C(N)=O)cc2ccccc21. The number of likely N-dealkylation sites (N-methyl/N-ethyl adjacent to an activating group) is 1. The van der Waals surface area contributed by atoms with Crippen LogP contribution in [-0.2, 0) is 14.4 Å². The molecular weight excluding hydrogens is 440 g/mol. The number of hydrogen-bond acceptors (Lipinski definition) is 5. The molecule has 0 unspecified atom stereocenters. The molecule has 182 valence electrons. The summed E-state index contributed by atoms with van der Waals surface area (Å²) in [7, 11) is 1.31. The number of amides is 5. The first-order valence-electron chi connectivity index (χ1n) is 11.1. The summed E-state index contributed by atoms with van der Waals surface area (Å²) in [6.45, 7) is 4.44. The molecule has 34 heavy (non-hydrogen) atoms. The summed E-state index contributed by atoms with van der Waals surface area (Å²) in [6, 6.07) is 6.30. The van der Waals surface area contributed by atoms with Crippen LogP contribution in [0.25, 0.3) is 10.9 Å². The highest BCUT2D eigenvalue weighted by atomic mass is 16.2. The molecule has 0 spiro atoms. The van der Waals surface area contributed by atoms with Gasteiger partial charge in [0.1, 0.15) is 17.8 Å². The minimum Gasteiger partial charge on any atom is -0.364 e. The average molecular weight is 471 g/mol. The number of Topliss-reactive ketones (excluding diaryl/α,β-unsaturated/α-hetero) is 1. The van der Waals surface area contributed by atoms with Gasteiger partial charge in [-0.25, -0.2) is 4.79 Å². The molecule has 5 amide bonds. The molecule has 1 aliphatic heterocycles. The van der Waals surface area contributed by atoms with E-state index in [4.69, 9.17) is 5.73 Å². The number of urea groups is 1. The third-order valence-electron chi connectivity index (χ3n) is 5.74. The molecule has 1 aromatic carbocycles. The number of nitrogens with zero attached hydrogens (tertiary/aromatic N) is 2. The number of rotatable bonds is 10. The van der Waals surface area contributed by atoms with Gasteiger partial charge in [-0.15, -0.1) is 0 Å². The lowest BCUT2D eigenvalue weighted by molar-refractivity contribution is -0.140. The van der Waals surface area contributed by atoms with E-state index in [-0.39, 0.29) is 24.2 Å². The van der Waals surface area contributed by atoms with Gasteiger partial charge < -0.3 is 31.2 Å². The zero-order chi connectivity index (χ0) is 25.0. The quantitative estimate of drug-likeness (QED) is 0.364. The number of carbonyl (C=O) groups excluding carboxylic acids is 5. The number of aromatic nitrogens is 1. The minimum absolute atomic E-state index is 0.0510. The van der Waals surface area contributed by atoms with Crippen molar-refractivity contribution >= 4 is 40.4 Å². The normalized spacial score (nSPS) is 15.2. The first-order chi connectivity index (χ1) is 16.1. The summed E-state index contributed by atoms with van der Waals surface area (Å²) < 4.78 is 1.58. The summed E-state index contributed by atoms with van der Waals surface area (Å²) in [6.07, 6.45) is 0.343. The molecule has 0 bridgehead atoms. The molecular formula is C23H30N6O5. The Balaban J connectivity index is 1.99. The van der Waals surface area contributed by atoms with Crippen molar-refractivity contribution in [1.82, 2.24) is 25.4 Å². The summed E-state index contributed by atoms with van der Waals surface area (Å²) >= 11 is 0. The van der Waals surface area contributed by atoms with Crippen LogP contribution in [0.4, 0.5) is 4.79 Å². The van der Waals surface area contributed by atoms with Crippen molar-refractivity contribution in [2.24, 2.45) is 11.7 Å². The fourth-order valence-electron chi connectivity index (χ4n) is 4.13. The standard InChI is InChI=1S/C23H30N6O5/c1-13(2)10-18(29-16-7-5-4-6-14(16)11-17(29)20(24)31)21(32)27-15(19(30)22(33)25-3)12-28-9-8-26-23(28)34/h4-7,11,13,15,18H,8-10,12H2,1-3H3,(H2,24,31)(H,25,33)(H,26,34)(H,27,32)/t15-,18-/m0/s1. The molecule has 11 nitrogen and oxygen atoms in total. The van der Waals surface area contributed by atoms with E-state index in [1.165, 1.54) is 11.9 Å². The number of carbonyl (C=O) groups is 5. The van der Waals surface area contributed by atoms with Gasteiger partial charge in [0.25, 0.3) is 11.8 Å². The molecule has 1 aliphatic rings. The molecule has 2 heterocycles. The Labute approximate surface area is 197 Å². The molecule has 11 heteroatoms. The highest BCUT2D eigenvalue weighted by molar-refractivity contribution is 6.38. The van der Waals surface area contributed by atoms with Crippen LogP contribution in [0.1, 0.15) is 36.8 Å². The van der Waals surface area contributed by atoms with E-state index < -0.39 is 35.6 Å². The first kappa shape index (κ1) is 24.7. The van der Waals surface area contributed by atoms with E-state index in [1.807, 2.05) is 26.0 Å². The second-order valence-electron chi connectivity index (χ2n) is 8.65. The van der Waals surface area contributed by atoms with Crippen molar-refractivity contribution in [3.05, 3.63) is 36.0 Å². The maximum Gasteiger partial charge on any atom is 0.317 e. The average Bonchev–Trinajstić information content (AvgIpc) is 3.39.